The number of benzene rings is 4. The zero-order chi connectivity index (χ0) is 31.0. The Morgan fingerprint density at radius 2 is 1.11 bits per heavy atom. The summed E-state index contributed by atoms with van der Waals surface area (Å²) in [7, 11) is 0. The number of fused-ring (bicyclic) bond motifs is 7. The molecule has 0 bridgehead atoms. The van der Waals surface area contributed by atoms with Gasteiger partial charge in [0, 0.05) is 41.1 Å². The molecule has 0 N–H and O–H groups in total. The van der Waals surface area contributed by atoms with E-state index in [2.05, 4.69) is 98.8 Å². The molecular formula is C42H40O2S2. The van der Waals surface area contributed by atoms with E-state index in [4.69, 9.17) is 8.83 Å². The molecule has 0 unspecified atom stereocenters. The Hall–Kier alpha value is -3.86. The fourth-order valence-corrected chi connectivity index (χ4v) is 9.04. The number of hydrogen-bond acceptors (Lipinski definition) is 4. The first-order valence-corrected chi connectivity index (χ1v) is 18.7. The lowest BCUT2D eigenvalue weighted by Gasteiger charge is -2.04. The molecule has 0 amide bonds. The Morgan fingerprint density at radius 1 is 0.457 bits per heavy atom. The van der Waals surface area contributed by atoms with Crippen molar-refractivity contribution in [1.29, 1.82) is 0 Å². The highest BCUT2D eigenvalue weighted by Gasteiger charge is 2.16. The van der Waals surface area contributed by atoms with Crippen LogP contribution >= 0.6 is 22.7 Å². The van der Waals surface area contributed by atoms with Gasteiger partial charge in [-0.05, 0) is 108 Å². The molecule has 0 saturated carbocycles. The van der Waals surface area contributed by atoms with Crippen molar-refractivity contribution >= 4 is 77.3 Å². The minimum absolute atomic E-state index is 0.904. The maximum absolute atomic E-state index is 6.51. The molecule has 0 aliphatic heterocycles. The highest BCUT2D eigenvalue weighted by atomic mass is 32.1. The van der Waals surface area contributed by atoms with Gasteiger partial charge in [-0.1, -0.05) is 76.6 Å². The van der Waals surface area contributed by atoms with Crippen LogP contribution in [0.15, 0.2) is 93.8 Å². The van der Waals surface area contributed by atoms with Crippen molar-refractivity contribution in [3.63, 3.8) is 0 Å². The molecule has 46 heavy (non-hydrogen) atoms. The van der Waals surface area contributed by atoms with E-state index in [9.17, 15) is 0 Å². The first-order chi connectivity index (χ1) is 22.7. The van der Waals surface area contributed by atoms with Crippen molar-refractivity contribution in [3.05, 3.63) is 95.4 Å². The van der Waals surface area contributed by atoms with E-state index >= 15 is 0 Å². The van der Waals surface area contributed by atoms with Crippen molar-refractivity contribution < 1.29 is 8.83 Å². The average molecular weight is 641 g/mol. The number of rotatable bonds is 12. The maximum Gasteiger partial charge on any atom is 0.136 e. The van der Waals surface area contributed by atoms with Gasteiger partial charge in [0.15, 0.2) is 0 Å². The Balaban J connectivity index is 1.07. The molecule has 0 aliphatic rings. The molecule has 4 heterocycles. The average Bonchev–Trinajstić information content (AvgIpc) is 3.87. The quantitative estimate of drug-likeness (QED) is 0.124. The van der Waals surface area contributed by atoms with Crippen LogP contribution in [0.5, 0.6) is 0 Å². The van der Waals surface area contributed by atoms with Crippen LogP contribution in [0.3, 0.4) is 0 Å². The normalized spacial score (nSPS) is 12.1. The second-order valence-electron chi connectivity index (χ2n) is 12.8. The molecule has 0 spiro atoms. The summed E-state index contributed by atoms with van der Waals surface area (Å²) in [6.45, 7) is 4.54. The maximum atomic E-state index is 6.51. The molecule has 4 heteroatoms. The number of hydrogen-bond donors (Lipinski definition) is 0. The zero-order valence-corrected chi connectivity index (χ0v) is 28.4. The van der Waals surface area contributed by atoms with E-state index in [0.717, 1.165) is 50.3 Å². The Bertz CT molecular complexity index is 2310. The molecule has 0 aliphatic carbocycles. The van der Waals surface area contributed by atoms with Crippen molar-refractivity contribution in [3.8, 4) is 20.2 Å². The van der Waals surface area contributed by atoms with Crippen molar-refractivity contribution in [2.75, 3.05) is 0 Å². The second-order valence-corrected chi connectivity index (χ2v) is 15.1. The van der Waals surface area contributed by atoms with E-state index in [0.29, 0.717) is 0 Å². The lowest BCUT2D eigenvalue weighted by molar-refractivity contribution is 0.664. The van der Waals surface area contributed by atoms with Gasteiger partial charge in [-0.3, -0.25) is 0 Å². The van der Waals surface area contributed by atoms with Crippen LogP contribution in [-0.2, 0) is 12.8 Å². The van der Waals surface area contributed by atoms with Crippen LogP contribution in [0, 0.1) is 0 Å². The molecule has 0 radical (unpaired) electrons. The van der Waals surface area contributed by atoms with Gasteiger partial charge in [-0.25, -0.2) is 0 Å². The molecule has 0 atom stereocenters. The molecular weight excluding hydrogens is 601 g/mol. The smallest absolute Gasteiger partial charge is 0.136 e. The third kappa shape index (κ3) is 5.67. The van der Waals surface area contributed by atoms with Gasteiger partial charge in [0.2, 0.25) is 0 Å². The van der Waals surface area contributed by atoms with Gasteiger partial charge in [0.05, 0.1) is 0 Å². The molecule has 8 rings (SSSR count). The van der Waals surface area contributed by atoms with Crippen LogP contribution in [0.1, 0.15) is 75.7 Å². The van der Waals surface area contributed by atoms with E-state index in [1.165, 1.54) is 99.2 Å². The minimum Gasteiger partial charge on any atom is -0.456 e. The fourth-order valence-electron chi connectivity index (χ4n) is 6.90. The van der Waals surface area contributed by atoms with Crippen LogP contribution < -0.4 is 0 Å². The van der Waals surface area contributed by atoms with Crippen LogP contribution in [0.2, 0.25) is 0 Å². The van der Waals surface area contributed by atoms with Gasteiger partial charge >= 0.3 is 0 Å². The molecule has 4 aromatic heterocycles. The molecule has 8 aromatic rings. The summed E-state index contributed by atoms with van der Waals surface area (Å²) in [5.74, 6) is 0. The van der Waals surface area contributed by atoms with Crippen molar-refractivity contribution in [2.24, 2.45) is 0 Å². The largest absolute Gasteiger partial charge is 0.456 e. The van der Waals surface area contributed by atoms with E-state index in [1.807, 2.05) is 22.7 Å². The summed E-state index contributed by atoms with van der Waals surface area (Å²) < 4.78 is 13.0. The van der Waals surface area contributed by atoms with Gasteiger partial charge in [0.25, 0.3) is 0 Å². The first-order valence-electron chi connectivity index (χ1n) is 17.1. The van der Waals surface area contributed by atoms with Crippen molar-refractivity contribution in [2.45, 2.75) is 78.1 Å². The van der Waals surface area contributed by atoms with Crippen molar-refractivity contribution in [1.82, 2.24) is 0 Å². The number of unbranched alkanes of at least 4 members (excludes halogenated alkanes) is 6. The highest BCUT2D eigenvalue weighted by molar-refractivity contribution is 7.23. The molecule has 4 aromatic carbocycles. The summed E-state index contributed by atoms with van der Waals surface area (Å²) in [5, 5.41) is 6.98. The standard InChI is InChI=1S/C42H40O2S2/c1-3-5-7-9-11-27-13-14-28-22-33-35-26-38-34(25-39(35)44-37(33)24-30(28)21-27)32-17-15-29(23-36(32)43-38)40-19-20-42(46-40)41-18-16-31(45-41)12-10-8-6-4-2/h13-26H,3-12H2,1-2H3. The van der Waals surface area contributed by atoms with E-state index in [-0.39, 0.29) is 0 Å². The Morgan fingerprint density at radius 3 is 1.91 bits per heavy atom. The van der Waals surface area contributed by atoms with Gasteiger partial charge in [0.1, 0.15) is 22.3 Å². The lowest BCUT2D eigenvalue weighted by atomic mass is 10.0. The second kappa shape index (κ2) is 12.7. The third-order valence-electron chi connectivity index (χ3n) is 9.48. The molecule has 0 saturated heterocycles. The number of furan rings is 2. The Kier molecular flexibility index (Phi) is 8.18. The molecule has 232 valence electrons. The van der Waals surface area contributed by atoms with Crippen LogP contribution in [-0.4, -0.2) is 0 Å². The van der Waals surface area contributed by atoms with Gasteiger partial charge in [-0.15, -0.1) is 22.7 Å². The highest BCUT2D eigenvalue weighted by Crippen LogP contribution is 2.42. The predicted molar refractivity (Wildman–Crippen MR) is 201 cm³/mol. The third-order valence-corrected chi connectivity index (χ3v) is 12.0. The summed E-state index contributed by atoms with van der Waals surface area (Å²) in [4.78, 5) is 5.48. The Labute approximate surface area is 278 Å². The lowest BCUT2D eigenvalue weighted by Crippen LogP contribution is -1.86. The van der Waals surface area contributed by atoms with Gasteiger partial charge < -0.3 is 8.83 Å². The summed E-state index contributed by atoms with van der Waals surface area (Å²) in [6, 6.07) is 31.5. The summed E-state index contributed by atoms with van der Waals surface area (Å²) in [5.41, 5.74) is 6.28. The summed E-state index contributed by atoms with van der Waals surface area (Å²) >= 11 is 3.81. The molecule has 2 nitrogen and oxygen atoms in total. The monoisotopic (exact) mass is 640 g/mol. The zero-order valence-electron chi connectivity index (χ0n) is 26.8. The topological polar surface area (TPSA) is 26.3 Å². The fraction of sp³-hybridized carbons (Fsp3) is 0.286. The predicted octanol–water partition coefficient (Wildman–Crippen LogP) is 14.3. The van der Waals surface area contributed by atoms with Crippen LogP contribution in [0.25, 0.3) is 74.8 Å². The van der Waals surface area contributed by atoms with Gasteiger partial charge in [-0.2, -0.15) is 0 Å². The SMILES string of the molecule is CCCCCCc1ccc2cc3c(cc2c1)oc1cc2c(cc13)oc1cc(-c3ccc(-c4ccc(CCCCCC)s4)s3)ccc12. The van der Waals surface area contributed by atoms with Crippen LogP contribution in [0.4, 0.5) is 0 Å². The van der Waals surface area contributed by atoms with E-state index < -0.39 is 0 Å². The first kappa shape index (κ1) is 29.5. The number of aryl methyl sites for hydroxylation is 2. The molecule has 0 fully saturated rings. The summed E-state index contributed by atoms with van der Waals surface area (Å²) in [6.07, 6.45) is 12.7. The number of thiophene rings is 2. The minimum atomic E-state index is 0.904. The van der Waals surface area contributed by atoms with E-state index in [1.54, 1.807) is 0 Å².